The summed E-state index contributed by atoms with van der Waals surface area (Å²) in [6.45, 7) is 0. The number of fused-ring (bicyclic) bond motifs is 1. The average Bonchev–Trinajstić information content (AvgIpc) is 2.81. The monoisotopic (exact) mass is 291 g/mol. The van der Waals surface area contributed by atoms with Crippen LogP contribution in [0.1, 0.15) is 0 Å². The van der Waals surface area contributed by atoms with Gasteiger partial charge in [0.1, 0.15) is 5.03 Å². The number of benzene rings is 1. The molecule has 2 heterocycles. The fourth-order valence-electron chi connectivity index (χ4n) is 1.46. The van der Waals surface area contributed by atoms with Gasteiger partial charge in [-0.05, 0) is 36.2 Å². The molecule has 0 spiro atoms. The summed E-state index contributed by atoms with van der Waals surface area (Å²) in [6.07, 6.45) is 3.76. The highest BCUT2D eigenvalue weighted by atomic mass is 32.2. The maximum atomic E-state index is 4.58. The van der Waals surface area contributed by atoms with Crippen LogP contribution in [0.3, 0.4) is 0 Å². The molecule has 2 aromatic heterocycles. The molecule has 6 heteroatoms. The van der Waals surface area contributed by atoms with E-state index in [9.17, 15) is 0 Å². The Morgan fingerprint density at radius 3 is 2.83 bits per heavy atom. The summed E-state index contributed by atoms with van der Waals surface area (Å²) < 4.78 is 2.22. The summed E-state index contributed by atoms with van der Waals surface area (Å²) in [5.74, 6) is 0. The molecule has 0 aliphatic rings. The zero-order valence-electron chi connectivity index (χ0n) is 9.53. The molecule has 0 saturated heterocycles. The quantitative estimate of drug-likeness (QED) is 0.415. The summed E-state index contributed by atoms with van der Waals surface area (Å²) in [5, 5.41) is 1.73. The summed E-state index contributed by atoms with van der Waals surface area (Å²) in [5.41, 5.74) is 1.05. The normalized spacial score (nSPS) is 10.9. The second-order valence-electron chi connectivity index (χ2n) is 3.43. The molecule has 0 N–H and O–H groups in total. The Balaban J connectivity index is 1.91. The van der Waals surface area contributed by atoms with Crippen LogP contribution in [-0.4, -0.2) is 21.2 Å². The first-order valence-electron chi connectivity index (χ1n) is 5.25. The van der Waals surface area contributed by atoms with Crippen molar-refractivity contribution in [1.82, 2.24) is 15.0 Å². The zero-order valence-corrected chi connectivity index (χ0v) is 12.0. The maximum Gasteiger partial charge on any atom is 0.188 e. The third-order valence-electron chi connectivity index (χ3n) is 2.26. The molecule has 0 radical (unpaired) electrons. The van der Waals surface area contributed by atoms with Gasteiger partial charge in [0.2, 0.25) is 0 Å². The van der Waals surface area contributed by atoms with Crippen molar-refractivity contribution in [2.24, 2.45) is 0 Å². The summed E-state index contributed by atoms with van der Waals surface area (Å²) in [7, 11) is 0. The van der Waals surface area contributed by atoms with Gasteiger partial charge in [-0.1, -0.05) is 23.9 Å². The number of thiazole rings is 1. The number of nitrogens with zero attached hydrogens (tertiary/aromatic N) is 3. The van der Waals surface area contributed by atoms with Gasteiger partial charge in [-0.25, -0.2) is 15.0 Å². The summed E-state index contributed by atoms with van der Waals surface area (Å²) >= 11 is 4.82. The van der Waals surface area contributed by atoms with Crippen LogP contribution in [0.5, 0.6) is 0 Å². The van der Waals surface area contributed by atoms with Gasteiger partial charge in [0.25, 0.3) is 0 Å². The molecule has 18 heavy (non-hydrogen) atoms. The first kappa shape index (κ1) is 12.0. The smallest absolute Gasteiger partial charge is 0.188 e. The summed E-state index contributed by atoms with van der Waals surface area (Å²) in [6, 6.07) is 10.1. The minimum Gasteiger partial charge on any atom is -0.231 e. The van der Waals surface area contributed by atoms with E-state index in [-0.39, 0.29) is 0 Å². The minimum absolute atomic E-state index is 0.793. The lowest BCUT2D eigenvalue weighted by Crippen LogP contribution is -1.86. The highest BCUT2D eigenvalue weighted by molar-refractivity contribution is 8.01. The molecule has 1 aromatic carbocycles. The molecule has 0 bridgehead atoms. The number of hydrogen-bond acceptors (Lipinski definition) is 6. The Labute approximate surface area is 117 Å². The Morgan fingerprint density at radius 1 is 1.11 bits per heavy atom. The lowest BCUT2D eigenvalue weighted by Gasteiger charge is -1.98. The maximum absolute atomic E-state index is 4.58. The standard InChI is InChI=1S/C12H9N3S3/c1-16-11-13-7-6-10(15-11)18-12-14-8-4-2-3-5-9(8)17-12/h2-7H,1H3. The van der Waals surface area contributed by atoms with Crippen molar-refractivity contribution < 1.29 is 0 Å². The van der Waals surface area contributed by atoms with E-state index in [1.807, 2.05) is 30.5 Å². The van der Waals surface area contributed by atoms with Gasteiger partial charge in [-0.3, -0.25) is 0 Å². The van der Waals surface area contributed by atoms with Crippen LogP contribution in [0, 0.1) is 0 Å². The van der Waals surface area contributed by atoms with E-state index >= 15 is 0 Å². The van der Waals surface area contributed by atoms with Crippen LogP contribution in [0.15, 0.2) is 51.1 Å². The van der Waals surface area contributed by atoms with Gasteiger partial charge in [0.05, 0.1) is 10.2 Å². The summed E-state index contributed by atoms with van der Waals surface area (Å²) in [4.78, 5) is 13.2. The zero-order chi connectivity index (χ0) is 12.4. The topological polar surface area (TPSA) is 38.7 Å². The molecule has 0 aliphatic heterocycles. The van der Waals surface area contributed by atoms with E-state index < -0.39 is 0 Å². The third kappa shape index (κ3) is 2.50. The number of aromatic nitrogens is 3. The predicted octanol–water partition coefficient (Wildman–Crippen LogP) is 3.96. The molecule has 90 valence electrons. The molecular weight excluding hydrogens is 282 g/mol. The lowest BCUT2D eigenvalue weighted by molar-refractivity contribution is 0.893. The number of hydrogen-bond donors (Lipinski definition) is 0. The van der Waals surface area contributed by atoms with Crippen LogP contribution in [0.25, 0.3) is 10.2 Å². The van der Waals surface area contributed by atoms with Crippen molar-refractivity contribution in [2.45, 2.75) is 14.5 Å². The molecule has 0 unspecified atom stereocenters. The Morgan fingerprint density at radius 2 is 2.00 bits per heavy atom. The Bertz CT molecular complexity index is 648. The fourth-order valence-corrected chi connectivity index (χ4v) is 3.85. The molecule has 3 nitrogen and oxygen atoms in total. The SMILES string of the molecule is CSc1nccc(Sc2nc3ccccc3s2)n1. The minimum atomic E-state index is 0.793. The van der Waals surface area contributed by atoms with Crippen molar-refractivity contribution in [2.75, 3.05) is 6.26 Å². The molecule has 0 atom stereocenters. The van der Waals surface area contributed by atoms with Crippen LogP contribution in [0.2, 0.25) is 0 Å². The van der Waals surface area contributed by atoms with E-state index in [1.54, 1.807) is 41.1 Å². The van der Waals surface area contributed by atoms with E-state index in [0.29, 0.717) is 0 Å². The molecule has 0 amide bonds. The molecular formula is C12H9N3S3. The van der Waals surface area contributed by atoms with Crippen molar-refractivity contribution >= 4 is 45.1 Å². The Kier molecular flexibility index (Phi) is 3.49. The van der Waals surface area contributed by atoms with Gasteiger partial charge < -0.3 is 0 Å². The number of para-hydroxylation sites is 1. The third-order valence-corrected chi connectivity index (χ3v) is 4.85. The first-order valence-corrected chi connectivity index (χ1v) is 8.11. The van der Waals surface area contributed by atoms with Crippen LogP contribution in [-0.2, 0) is 0 Å². The Hall–Kier alpha value is -1.11. The molecule has 0 fully saturated rings. The van der Waals surface area contributed by atoms with Crippen molar-refractivity contribution in [3.8, 4) is 0 Å². The molecule has 0 saturated carbocycles. The molecule has 0 aliphatic carbocycles. The average molecular weight is 291 g/mol. The van der Waals surface area contributed by atoms with Crippen molar-refractivity contribution in [1.29, 1.82) is 0 Å². The molecule has 3 aromatic rings. The van der Waals surface area contributed by atoms with E-state index in [1.165, 1.54) is 4.70 Å². The van der Waals surface area contributed by atoms with Crippen molar-refractivity contribution in [3.63, 3.8) is 0 Å². The number of rotatable bonds is 3. The van der Waals surface area contributed by atoms with Crippen molar-refractivity contribution in [3.05, 3.63) is 36.5 Å². The van der Waals surface area contributed by atoms with Gasteiger partial charge in [0, 0.05) is 6.20 Å². The van der Waals surface area contributed by atoms with Gasteiger partial charge in [0.15, 0.2) is 9.50 Å². The highest BCUT2D eigenvalue weighted by Gasteiger charge is 2.06. The predicted molar refractivity (Wildman–Crippen MR) is 77.6 cm³/mol. The molecule has 3 rings (SSSR count). The second kappa shape index (κ2) is 5.26. The van der Waals surface area contributed by atoms with Gasteiger partial charge in [-0.15, -0.1) is 11.3 Å². The number of thioether (sulfide) groups is 1. The largest absolute Gasteiger partial charge is 0.231 e. The van der Waals surface area contributed by atoms with E-state index in [0.717, 1.165) is 20.0 Å². The van der Waals surface area contributed by atoms with Crippen LogP contribution >= 0.6 is 34.9 Å². The first-order chi connectivity index (χ1) is 8.85. The van der Waals surface area contributed by atoms with Crippen LogP contribution < -0.4 is 0 Å². The lowest BCUT2D eigenvalue weighted by atomic mass is 10.3. The second-order valence-corrected chi connectivity index (χ2v) is 6.50. The fraction of sp³-hybridized carbons (Fsp3) is 0.0833. The highest BCUT2D eigenvalue weighted by Crippen LogP contribution is 2.33. The van der Waals surface area contributed by atoms with E-state index in [2.05, 4.69) is 21.0 Å². The van der Waals surface area contributed by atoms with Gasteiger partial charge >= 0.3 is 0 Å². The van der Waals surface area contributed by atoms with E-state index in [4.69, 9.17) is 0 Å². The van der Waals surface area contributed by atoms with Gasteiger partial charge in [-0.2, -0.15) is 0 Å². The van der Waals surface area contributed by atoms with Crippen LogP contribution in [0.4, 0.5) is 0 Å².